The third kappa shape index (κ3) is 8.22. The second-order valence-electron chi connectivity index (χ2n) is 5.56. The molecule has 2 N–H and O–H groups in total. The van der Waals surface area contributed by atoms with E-state index in [4.69, 9.17) is 10.5 Å². The summed E-state index contributed by atoms with van der Waals surface area (Å²) in [6.45, 7) is 9.50. The van der Waals surface area contributed by atoms with Crippen molar-refractivity contribution in [2.24, 2.45) is 5.73 Å². The number of hydrogen-bond acceptors (Lipinski definition) is 4. The number of nitrogens with two attached hydrogens (primary N) is 1. The zero-order valence-electron chi connectivity index (χ0n) is 13.2. The van der Waals surface area contributed by atoms with Crippen LogP contribution >= 0.6 is 0 Å². The van der Waals surface area contributed by atoms with Gasteiger partial charge in [-0.15, -0.1) is 0 Å². The van der Waals surface area contributed by atoms with Crippen molar-refractivity contribution in [1.29, 1.82) is 0 Å². The molecule has 0 rings (SSSR count). The molecule has 0 radical (unpaired) electrons. The largest absolute Gasteiger partial charge is 0.468 e. The van der Waals surface area contributed by atoms with Gasteiger partial charge in [-0.05, 0) is 52.2 Å². The number of carbonyl (C=O) groups excluding carboxylic acids is 1. The van der Waals surface area contributed by atoms with Gasteiger partial charge in [-0.2, -0.15) is 0 Å². The van der Waals surface area contributed by atoms with E-state index in [1.54, 1.807) is 6.92 Å². The number of methoxy groups -OCH3 is 1. The maximum atomic E-state index is 11.5. The Balaban J connectivity index is 4.05. The Labute approximate surface area is 118 Å². The molecule has 4 heteroatoms. The first-order chi connectivity index (χ1) is 8.97. The molecule has 1 atom stereocenters. The summed E-state index contributed by atoms with van der Waals surface area (Å²) in [5.41, 5.74) is 5.11. The van der Waals surface area contributed by atoms with E-state index >= 15 is 0 Å². The smallest absolute Gasteiger partial charge is 0.325 e. The van der Waals surface area contributed by atoms with Gasteiger partial charge >= 0.3 is 5.97 Å². The van der Waals surface area contributed by atoms with Crippen LogP contribution < -0.4 is 5.73 Å². The first-order valence-electron chi connectivity index (χ1n) is 7.57. The summed E-state index contributed by atoms with van der Waals surface area (Å²) in [6.07, 6.45) is 6.53. The molecule has 0 aromatic heterocycles. The van der Waals surface area contributed by atoms with Gasteiger partial charge in [-0.3, -0.25) is 4.79 Å². The monoisotopic (exact) mass is 272 g/mol. The van der Waals surface area contributed by atoms with E-state index in [1.807, 2.05) is 0 Å². The minimum absolute atomic E-state index is 0.318. The summed E-state index contributed by atoms with van der Waals surface area (Å²) >= 11 is 0. The highest BCUT2D eigenvalue weighted by molar-refractivity contribution is 5.79. The molecule has 19 heavy (non-hydrogen) atoms. The molecule has 0 heterocycles. The third-order valence-corrected chi connectivity index (χ3v) is 3.48. The zero-order valence-corrected chi connectivity index (χ0v) is 13.2. The molecule has 114 valence electrons. The van der Waals surface area contributed by atoms with Gasteiger partial charge in [0.25, 0.3) is 0 Å². The molecule has 0 aromatic rings. The van der Waals surface area contributed by atoms with Crippen molar-refractivity contribution >= 4 is 5.97 Å². The molecular formula is C15H32N2O2. The van der Waals surface area contributed by atoms with Crippen molar-refractivity contribution in [2.75, 3.05) is 26.7 Å². The number of rotatable bonds is 11. The van der Waals surface area contributed by atoms with Crippen LogP contribution in [0.1, 0.15) is 59.3 Å². The van der Waals surface area contributed by atoms with Gasteiger partial charge in [0, 0.05) is 0 Å². The zero-order chi connectivity index (χ0) is 14.7. The quantitative estimate of drug-likeness (QED) is 0.587. The summed E-state index contributed by atoms with van der Waals surface area (Å²) in [4.78, 5) is 14.0. The molecule has 0 fully saturated rings. The fourth-order valence-corrected chi connectivity index (χ4v) is 2.10. The molecule has 0 aromatic carbocycles. The highest BCUT2D eigenvalue weighted by atomic mass is 16.5. The first kappa shape index (κ1) is 18.4. The normalized spacial score (nSPS) is 14.4. The van der Waals surface area contributed by atoms with Crippen molar-refractivity contribution in [3.8, 4) is 0 Å². The van der Waals surface area contributed by atoms with Crippen molar-refractivity contribution in [3.05, 3.63) is 0 Å². The number of esters is 1. The molecule has 0 aliphatic heterocycles. The summed E-state index contributed by atoms with van der Waals surface area (Å²) in [7, 11) is 1.39. The van der Waals surface area contributed by atoms with E-state index in [0.29, 0.717) is 6.42 Å². The minimum atomic E-state index is -0.851. The maximum Gasteiger partial charge on any atom is 0.325 e. The van der Waals surface area contributed by atoms with Crippen LogP contribution in [0.2, 0.25) is 0 Å². The number of ether oxygens (including phenoxy) is 1. The Morgan fingerprint density at radius 1 is 1.11 bits per heavy atom. The lowest BCUT2D eigenvalue weighted by Crippen LogP contribution is -2.46. The number of hydrogen-bond donors (Lipinski definition) is 1. The molecule has 0 spiro atoms. The van der Waals surface area contributed by atoms with Gasteiger partial charge in [0.2, 0.25) is 0 Å². The van der Waals surface area contributed by atoms with E-state index in [2.05, 4.69) is 18.7 Å². The lowest BCUT2D eigenvalue weighted by Gasteiger charge is -2.25. The maximum absolute atomic E-state index is 11.5. The summed E-state index contributed by atoms with van der Waals surface area (Å²) < 4.78 is 4.72. The Hall–Kier alpha value is -0.610. The Morgan fingerprint density at radius 2 is 1.58 bits per heavy atom. The Morgan fingerprint density at radius 3 is 2.00 bits per heavy atom. The minimum Gasteiger partial charge on any atom is -0.468 e. The van der Waals surface area contributed by atoms with E-state index in [1.165, 1.54) is 32.8 Å². The van der Waals surface area contributed by atoms with Crippen LogP contribution in [0.3, 0.4) is 0 Å². The topological polar surface area (TPSA) is 55.6 Å². The van der Waals surface area contributed by atoms with Crippen molar-refractivity contribution in [3.63, 3.8) is 0 Å². The average molecular weight is 272 g/mol. The molecular weight excluding hydrogens is 240 g/mol. The van der Waals surface area contributed by atoms with Crippen LogP contribution in [0.15, 0.2) is 0 Å². The number of nitrogens with zero attached hydrogens (tertiary/aromatic N) is 1. The van der Waals surface area contributed by atoms with E-state index < -0.39 is 5.54 Å². The van der Waals surface area contributed by atoms with Crippen LogP contribution in [0.4, 0.5) is 0 Å². The van der Waals surface area contributed by atoms with Crippen molar-refractivity contribution in [2.45, 2.75) is 64.8 Å². The third-order valence-electron chi connectivity index (χ3n) is 3.48. The Kier molecular flexibility index (Phi) is 9.88. The molecule has 0 aliphatic rings. The van der Waals surface area contributed by atoms with Gasteiger partial charge in [-0.25, -0.2) is 0 Å². The van der Waals surface area contributed by atoms with Crippen LogP contribution in [0.25, 0.3) is 0 Å². The van der Waals surface area contributed by atoms with Crippen LogP contribution in [-0.2, 0) is 9.53 Å². The fourth-order valence-electron chi connectivity index (χ4n) is 2.10. The lowest BCUT2D eigenvalue weighted by molar-refractivity contribution is -0.146. The number of carbonyl (C=O) groups is 1. The molecule has 4 nitrogen and oxygen atoms in total. The van der Waals surface area contributed by atoms with Crippen LogP contribution in [-0.4, -0.2) is 43.2 Å². The van der Waals surface area contributed by atoms with Crippen molar-refractivity contribution in [1.82, 2.24) is 4.90 Å². The number of unbranched alkanes of at least 4 members (excludes halogenated alkanes) is 2. The van der Waals surface area contributed by atoms with Crippen LogP contribution in [0.5, 0.6) is 0 Å². The standard InChI is InChI=1S/C15H32N2O2/c1-5-7-11-17(12-8-6-2)13-9-10-15(3,16)14(18)19-4/h5-13,16H2,1-4H3. The molecule has 0 aliphatic carbocycles. The lowest BCUT2D eigenvalue weighted by atomic mass is 9.97. The predicted octanol–water partition coefficient (Wildman–Crippen LogP) is 2.56. The highest BCUT2D eigenvalue weighted by Crippen LogP contribution is 2.12. The van der Waals surface area contributed by atoms with E-state index in [-0.39, 0.29) is 5.97 Å². The first-order valence-corrected chi connectivity index (χ1v) is 7.57. The average Bonchev–Trinajstić information content (AvgIpc) is 2.39. The molecule has 0 saturated heterocycles. The fraction of sp³-hybridized carbons (Fsp3) is 0.933. The van der Waals surface area contributed by atoms with E-state index in [9.17, 15) is 4.79 Å². The second kappa shape index (κ2) is 10.2. The molecule has 0 bridgehead atoms. The van der Waals surface area contributed by atoms with Crippen LogP contribution in [0, 0.1) is 0 Å². The molecule has 0 amide bonds. The highest BCUT2D eigenvalue weighted by Gasteiger charge is 2.28. The molecule has 0 saturated carbocycles. The predicted molar refractivity (Wildman–Crippen MR) is 80.1 cm³/mol. The van der Waals surface area contributed by atoms with Gasteiger partial charge in [0.05, 0.1) is 7.11 Å². The molecule has 1 unspecified atom stereocenters. The second-order valence-corrected chi connectivity index (χ2v) is 5.56. The summed E-state index contributed by atoms with van der Waals surface area (Å²) in [5.74, 6) is -0.318. The SMILES string of the molecule is CCCCN(CCCC)CCCC(C)(N)C(=O)OC. The van der Waals surface area contributed by atoms with Gasteiger partial charge < -0.3 is 15.4 Å². The van der Waals surface area contributed by atoms with Gasteiger partial charge in [-0.1, -0.05) is 26.7 Å². The van der Waals surface area contributed by atoms with Crippen molar-refractivity contribution < 1.29 is 9.53 Å². The summed E-state index contributed by atoms with van der Waals surface area (Å²) in [5, 5.41) is 0. The Bertz CT molecular complexity index is 234. The van der Waals surface area contributed by atoms with Gasteiger partial charge in [0.1, 0.15) is 5.54 Å². The summed E-state index contributed by atoms with van der Waals surface area (Å²) in [6, 6.07) is 0. The van der Waals surface area contributed by atoms with Gasteiger partial charge in [0.15, 0.2) is 0 Å². The van der Waals surface area contributed by atoms with E-state index in [0.717, 1.165) is 26.1 Å².